The number of nitrogens with two attached hydrogens (primary N) is 1. The number of aromatic nitrogens is 3. The predicted molar refractivity (Wildman–Crippen MR) is 132 cm³/mol. The first-order chi connectivity index (χ1) is 16.2. The number of amides is 1. The first-order valence-corrected chi connectivity index (χ1v) is 12.5. The van der Waals surface area contributed by atoms with Crippen LogP contribution in [0.3, 0.4) is 0 Å². The van der Waals surface area contributed by atoms with Crippen LogP contribution in [0.25, 0.3) is 10.4 Å². The molecule has 180 valence electrons. The molecule has 34 heavy (non-hydrogen) atoms. The van der Waals surface area contributed by atoms with Gasteiger partial charge in [0.25, 0.3) is 5.91 Å². The van der Waals surface area contributed by atoms with Gasteiger partial charge in [0.1, 0.15) is 11.3 Å². The summed E-state index contributed by atoms with van der Waals surface area (Å²) in [7, 11) is 0. The van der Waals surface area contributed by atoms with Gasteiger partial charge in [-0.15, -0.1) is 11.3 Å². The van der Waals surface area contributed by atoms with Gasteiger partial charge < -0.3 is 15.7 Å². The molecule has 10 heteroatoms. The molecule has 0 radical (unpaired) electrons. The summed E-state index contributed by atoms with van der Waals surface area (Å²) in [5.74, 6) is -0.256. The topological polar surface area (TPSA) is 114 Å². The highest BCUT2D eigenvalue weighted by atomic mass is 35.5. The van der Waals surface area contributed by atoms with Crippen LogP contribution in [-0.4, -0.2) is 55.3 Å². The van der Waals surface area contributed by atoms with Crippen molar-refractivity contribution in [1.29, 1.82) is 0 Å². The fraction of sp³-hybridized carbons (Fsp3) is 0.417. The number of carbonyl (C=O) groups is 2. The van der Waals surface area contributed by atoms with Crippen molar-refractivity contribution in [3.05, 3.63) is 57.4 Å². The average Bonchev–Trinajstić information content (AvgIpc) is 3.12. The van der Waals surface area contributed by atoms with Crippen molar-refractivity contribution in [1.82, 2.24) is 19.7 Å². The van der Waals surface area contributed by atoms with Crippen LogP contribution in [0.1, 0.15) is 51.3 Å². The lowest BCUT2D eigenvalue weighted by molar-refractivity contribution is 0.0689. The van der Waals surface area contributed by atoms with E-state index in [0.29, 0.717) is 41.5 Å². The number of rotatable bonds is 5. The summed E-state index contributed by atoms with van der Waals surface area (Å²) in [6.07, 6.45) is 3.68. The highest BCUT2D eigenvalue weighted by molar-refractivity contribution is 7.15. The Kier molecular flexibility index (Phi) is 7.06. The smallest absolute Gasteiger partial charge is 0.339 e. The van der Waals surface area contributed by atoms with Gasteiger partial charge in [0.05, 0.1) is 15.6 Å². The molecule has 1 saturated heterocycles. The number of fused-ring (bicyclic) bond motifs is 1. The zero-order valence-corrected chi connectivity index (χ0v) is 20.9. The summed E-state index contributed by atoms with van der Waals surface area (Å²) >= 11 is 7.65. The van der Waals surface area contributed by atoms with Crippen LogP contribution >= 0.6 is 22.9 Å². The van der Waals surface area contributed by atoms with Crippen LogP contribution in [-0.2, 0) is 6.54 Å². The summed E-state index contributed by atoms with van der Waals surface area (Å²) in [5.41, 5.74) is 8.21. The third-order valence-corrected chi connectivity index (χ3v) is 7.50. The lowest BCUT2D eigenvalue weighted by Crippen LogP contribution is -2.42. The van der Waals surface area contributed by atoms with E-state index in [4.69, 9.17) is 22.4 Å². The number of likely N-dealkylation sites (tertiary alicyclic amines) is 1. The molecule has 1 amide bonds. The molecule has 0 bridgehead atoms. The van der Waals surface area contributed by atoms with Gasteiger partial charge in [-0.1, -0.05) is 23.7 Å². The number of nitrogens with zero attached hydrogens (tertiary/aromatic N) is 4. The lowest BCUT2D eigenvalue weighted by Gasteiger charge is -2.26. The standard InChI is InChI=1S/C17H18ClN3OS.C7H10N2O2/c1-9-20-15(16(23-9)10-3-2-4-12(18)5-10)17(22)21-13(8-19)6-11-7-14(11)21;1-3-9-4-6(7(10)11)5(2)8-9/h2-5,11,13-14H,6-8,19H2,1H3;4H,3H2,1-2H3,(H,10,11)/t11-,13+,14+;/m1./s1. The predicted octanol–water partition coefficient (Wildman–Crippen LogP) is 4.24. The Labute approximate surface area is 207 Å². The van der Waals surface area contributed by atoms with E-state index in [0.717, 1.165) is 28.3 Å². The Morgan fingerprint density at radius 1 is 1.29 bits per heavy atom. The van der Waals surface area contributed by atoms with Crippen molar-refractivity contribution >= 4 is 34.8 Å². The average molecular weight is 502 g/mol. The number of hydrogen-bond donors (Lipinski definition) is 2. The van der Waals surface area contributed by atoms with Gasteiger partial charge >= 0.3 is 5.97 Å². The van der Waals surface area contributed by atoms with Gasteiger partial charge in [0.15, 0.2) is 0 Å². The SMILES string of the molecule is CCn1cc(C(=O)O)c(C)n1.Cc1nc(C(=O)N2[C@H](CN)C[C@@H]3C[C@@H]32)c(-c2cccc(Cl)c2)s1. The molecule has 8 nitrogen and oxygen atoms in total. The molecule has 3 N–H and O–H groups in total. The molecule has 1 aliphatic heterocycles. The molecule has 0 spiro atoms. The molecule has 2 aliphatic rings. The number of carboxylic acid groups (broad SMARTS) is 1. The number of halogens is 1. The van der Waals surface area contributed by atoms with E-state index in [-0.39, 0.29) is 17.5 Å². The maximum atomic E-state index is 13.1. The molecule has 3 aromatic rings. The van der Waals surface area contributed by atoms with Gasteiger partial charge in [0.2, 0.25) is 0 Å². The number of benzene rings is 1. The van der Waals surface area contributed by atoms with Gasteiger partial charge in [-0.3, -0.25) is 9.48 Å². The van der Waals surface area contributed by atoms with Crippen LogP contribution in [0, 0.1) is 19.8 Å². The van der Waals surface area contributed by atoms with Gasteiger partial charge in [0, 0.05) is 36.4 Å². The first-order valence-electron chi connectivity index (χ1n) is 11.3. The summed E-state index contributed by atoms with van der Waals surface area (Å²) in [6, 6.07) is 8.11. The number of thiazole rings is 1. The van der Waals surface area contributed by atoms with E-state index in [1.807, 2.05) is 43.0 Å². The van der Waals surface area contributed by atoms with Crippen molar-refractivity contribution in [2.24, 2.45) is 11.7 Å². The zero-order chi connectivity index (χ0) is 24.6. The van der Waals surface area contributed by atoms with Crippen LogP contribution in [0.4, 0.5) is 0 Å². The number of aromatic carboxylic acids is 1. The molecular formula is C24H28ClN5O3S. The van der Waals surface area contributed by atoms with Crippen molar-refractivity contribution < 1.29 is 14.7 Å². The van der Waals surface area contributed by atoms with Crippen LogP contribution in [0.15, 0.2) is 30.5 Å². The van der Waals surface area contributed by atoms with Crippen LogP contribution in [0.5, 0.6) is 0 Å². The van der Waals surface area contributed by atoms with E-state index in [1.54, 1.807) is 11.6 Å². The van der Waals surface area contributed by atoms with E-state index < -0.39 is 5.97 Å². The van der Waals surface area contributed by atoms with Crippen molar-refractivity contribution in [2.75, 3.05) is 6.54 Å². The van der Waals surface area contributed by atoms with E-state index >= 15 is 0 Å². The van der Waals surface area contributed by atoms with Crippen LogP contribution in [0.2, 0.25) is 5.02 Å². The number of carbonyl (C=O) groups excluding carboxylic acids is 1. The Hall–Kier alpha value is -2.75. The van der Waals surface area contributed by atoms with E-state index in [1.165, 1.54) is 17.5 Å². The number of carboxylic acids is 1. The fourth-order valence-corrected chi connectivity index (χ4v) is 5.59. The zero-order valence-electron chi connectivity index (χ0n) is 19.4. The molecule has 3 heterocycles. The van der Waals surface area contributed by atoms with Gasteiger partial charge in [-0.05, 0) is 57.2 Å². The molecule has 2 fully saturated rings. The summed E-state index contributed by atoms with van der Waals surface area (Å²) < 4.78 is 1.61. The quantitative estimate of drug-likeness (QED) is 0.540. The molecule has 1 aliphatic carbocycles. The molecular weight excluding hydrogens is 474 g/mol. The second kappa shape index (κ2) is 9.85. The van der Waals surface area contributed by atoms with Crippen molar-refractivity contribution in [3.8, 4) is 10.4 Å². The Morgan fingerprint density at radius 2 is 2.06 bits per heavy atom. The lowest BCUT2D eigenvalue weighted by atomic mass is 10.1. The van der Waals surface area contributed by atoms with E-state index in [2.05, 4.69) is 10.1 Å². The molecule has 5 rings (SSSR count). The third kappa shape index (κ3) is 4.87. The Bertz CT molecular complexity index is 1220. The monoisotopic (exact) mass is 501 g/mol. The molecule has 1 saturated carbocycles. The minimum Gasteiger partial charge on any atom is -0.478 e. The van der Waals surface area contributed by atoms with Crippen molar-refractivity contribution in [2.45, 2.75) is 52.2 Å². The highest BCUT2D eigenvalue weighted by Gasteiger charge is 2.54. The molecule has 0 unspecified atom stereocenters. The molecule has 2 aromatic heterocycles. The van der Waals surface area contributed by atoms with E-state index in [9.17, 15) is 9.59 Å². The van der Waals surface area contributed by atoms with Gasteiger partial charge in [-0.2, -0.15) is 5.10 Å². The Morgan fingerprint density at radius 3 is 2.65 bits per heavy atom. The second-order valence-corrected chi connectivity index (χ2v) is 10.3. The Balaban J connectivity index is 0.000000210. The summed E-state index contributed by atoms with van der Waals surface area (Å²) in [4.78, 5) is 31.0. The minimum atomic E-state index is -0.915. The highest BCUT2D eigenvalue weighted by Crippen LogP contribution is 2.48. The fourth-order valence-electron chi connectivity index (χ4n) is 4.50. The normalized spacial score (nSPS) is 20.5. The second-order valence-electron chi connectivity index (χ2n) is 8.61. The first kappa shape index (κ1) is 24.4. The number of hydrogen-bond acceptors (Lipinski definition) is 6. The summed E-state index contributed by atoms with van der Waals surface area (Å²) in [6.45, 7) is 6.76. The number of aryl methyl sites for hydroxylation is 3. The maximum absolute atomic E-state index is 13.1. The minimum absolute atomic E-state index is 0.0183. The maximum Gasteiger partial charge on any atom is 0.339 e. The molecule has 3 atom stereocenters. The molecule has 1 aromatic carbocycles. The largest absolute Gasteiger partial charge is 0.478 e. The van der Waals surface area contributed by atoms with Gasteiger partial charge in [-0.25, -0.2) is 9.78 Å². The number of piperidine rings is 1. The van der Waals surface area contributed by atoms with Crippen LogP contribution < -0.4 is 5.73 Å². The van der Waals surface area contributed by atoms with Crippen molar-refractivity contribution in [3.63, 3.8) is 0 Å². The summed E-state index contributed by atoms with van der Waals surface area (Å²) in [5, 5.41) is 14.2. The third-order valence-electron chi connectivity index (χ3n) is 6.24.